The van der Waals surface area contributed by atoms with Crippen molar-refractivity contribution in [2.45, 2.75) is 17.9 Å². The first-order valence-corrected chi connectivity index (χ1v) is 8.42. The lowest BCUT2D eigenvalue weighted by atomic mass is 10.4. The van der Waals surface area contributed by atoms with Crippen LogP contribution in [0.15, 0.2) is 40.1 Å². The molecule has 0 amide bonds. The summed E-state index contributed by atoms with van der Waals surface area (Å²) >= 11 is 8.98. The van der Waals surface area contributed by atoms with Crippen molar-refractivity contribution in [1.82, 2.24) is 19.5 Å². The van der Waals surface area contributed by atoms with Gasteiger partial charge in [-0.05, 0) is 34.5 Å². The molecular formula is C11H12BrClN4O2S. The van der Waals surface area contributed by atoms with Crippen LogP contribution in [0.25, 0.3) is 0 Å². The lowest BCUT2D eigenvalue weighted by Gasteiger charge is -2.08. The molecule has 2 rings (SSSR count). The van der Waals surface area contributed by atoms with Gasteiger partial charge in [-0.1, -0.05) is 11.6 Å². The van der Waals surface area contributed by atoms with E-state index >= 15 is 0 Å². The van der Waals surface area contributed by atoms with Crippen LogP contribution < -0.4 is 4.72 Å². The van der Waals surface area contributed by atoms with Crippen LogP contribution in [-0.4, -0.2) is 29.7 Å². The van der Waals surface area contributed by atoms with Crippen molar-refractivity contribution in [3.63, 3.8) is 0 Å². The molecule has 0 fully saturated rings. The highest BCUT2D eigenvalue weighted by Gasteiger charge is 2.18. The van der Waals surface area contributed by atoms with Gasteiger partial charge in [0.05, 0.1) is 0 Å². The highest BCUT2D eigenvalue weighted by atomic mass is 79.9. The van der Waals surface area contributed by atoms with Crippen molar-refractivity contribution in [3.8, 4) is 0 Å². The Morgan fingerprint density at radius 3 is 2.95 bits per heavy atom. The minimum absolute atomic E-state index is 0.0346. The molecule has 0 saturated heterocycles. The molecule has 0 atom stereocenters. The Hall–Kier alpha value is -0.960. The van der Waals surface area contributed by atoms with Gasteiger partial charge in [-0.3, -0.25) is 4.68 Å². The third-order valence-corrected chi connectivity index (χ3v) is 4.80. The van der Waals surface area contributed by atoms with Gasteiger partial charge in [0.2, 0.25) is 10.0 Å². The summed E-state index contributed by atoms with van der Waals surface area (Å²) in [5, 5.41) is 3.99. The summed E-state index contributed by atoms with van der Waals surface area (Å²) in [6, 6.07) is 3.24. The number of aryl methyl sites for hydroxylation is 1. The molecule has 0 aliphatic heterocycles. The Kier molecular flexibility index (Phi) is 5.14. The molecule has 0 spiro atoms. The summed E-state index contributed by atoms with van der Waals surface area (Å²) in [7, 11) is -3.66. The van der Waals surface area contributed by atoms with Crippen LogP contribution in [-0.2, 0) is 16.6 Å². The van der Waals surface area contributed by atoms with E-state index in [1.165, 1.54) is 12.3 Å². The predicted octanol–water partition coefficient (Wildman–Crippen LogP) is 2.06. The van der Waals surface area contributed by atoms with Gasteiger partial charge < -0.3 is 0 Å². The van der Waals surface area contributed by atoms with Gasteiger partial charge in [0.25, 0.3) is 0 Å². The van der Waals surface area contributed by atoms with Crippen LogP contribution in [0.1, 0.15) is 6.42 Å². The fraction of sp³-hybridized carbons (Fsp3) is 0.273. The van der Waals surface area contributed by atoms with Crippen LogP contribution in [0.5, 0.6) is 0 Å². The largest absolute Gasteiger partial charge is 0.273 e. The van der Waals surface area contributed by atoms with Gasteiger partial charge in [-0.15, -0.1) is 0 Å². The summed E-state index contributed by atoms with van der Waals surface area (Å²) < 4.78 is 29.0. The maximum Gasteiger partial charge on any atom is 0.243 e. The van der Waals surface area contributed by atoms with Gasteiger partial charge >= 0.3 is 0 Å². The average molecular weight is 380 g/mol. The summed E-state index contributed by atoms with van der Waals surface area (Å²) in [4.78, 5) is 3.76. The number of pyridine rings is 1. The van der Waals surface area contributed by atoms with Crippen LogP contribution in [0, 0.1) is 0 Å². The number of nitrogens with one attached hydrogen (secondary N) is 1. The third kappa shape index (κ3) is 4.02. The molecule has 9 heteroatoms. The highest BCUT2D eigenvalue weighted by Crippen LogP contribution is 2.22. The number of sulfonamides is 1. The molecule has 1 N–H and O–H groups in total. The molecule has 0 aromatic carbocycles. The predicted molar refractivity (Wildman–Crippen MR) is 79.0 cm³/mol. The molecule has 2 aromatic rings. The zero-order chi connectivity index (χ0) is 14.6. The second-order valence-corrected chi connectivity index (χ2v) is 6.97. The standard InChI is InChI=1S/C11H12BrClN4O2S/c12-9-7-10(11(13)14-8-9)20(18,19)16-4-2-6-17-5-1-3-15-17/h1,3,5,7-8,16H,2,4,6H2. The van der Waals surface area contributed by atoms with Crippen LogP contribution >= 0.6 is 27.5 Å². The minimum Gasteiger partial charge on any atom is -0.273 e. The zero-order valence-electron chi connectivity index (χ0n) is 10.3. The van der Waals surface area contributed by atoms with Crippen LogP contribution in [0.3, 0.4) is 0 Å². The topological polar surface area (TPSA) is 76.9 Å². The molecule has 0 aliphatic rings. The molecule has 20 heavy (non-hydrogen) atoms. The van der Waals surface area contributed by atoms with Crippen molar-refractivity contribution in [3.05, 3.63) is 40.3 Å². The van der Waals surface area contributed by atoms with Crippen molar-refractivity contribution in [2.75, 3.05) is 6.54 Å². The smallest absolute Gasteiger partial charge is 0.243 e. The maximum atomic E-state index is 12.1. The van der Waals surface area contributed by atoms with Crippen molar-refractivity contribution < 1.29 is 8.42 Å². The molecule has 0 unspecified atom stereocenters. The van der Waals surface area contributed by atoms with Gasteiger partial charge in [0.1, 0.15) is 10.0 Å². The Labute approximate surface area is 130 Å². The number of aromatic nitrogens is 3. The van der Waals surface area contributed by atoms with E-state index < -0.39 is 10.0 Å². The number of halogens is 2. The monoisotopic (exact) mass is 378 g/mol. The molecule has 0 bridgehead atoms. The highest BCUT2D eigenvalue weighted by molar-refractivity contribution is 9.10. The van der Waals surface area contributed by atoms with Gasteiger partial charge in [-0.2, -0.15) is 5.10 Å². The molecule has 6 nitrogen and oxygen atoms in total. The van der Waals surface area contributed by atoms with E-state index in [0.29, 0.717) is 24.0 Å². The van der Waals surface area contributed by atoms with Gasteiger partial charge in [0.15, 0.2) is 0 Å². The second kappa shape index (κ2) is 6.66. The second-order valence-electron chi connectivity index (χ2n) is 3.96. The first-order valence-electron chi connectivity index (χ1n) is 5.77. The number of hydrogen-bond acceptors (Lipinski definition) is 4. The van der Waals surface area contributed by atoms with Crippen molar-refractivity contribution in [2.24, 2.45) is 0 Å². The summed E-state index contributed by atoms with van der Waals surface area (Å²) in [6.45, 7) is 0.936. The minimum atomic E-state index is -3.66. The molecule has 2 aromatic heterocycles. The Balaban J connectivity index is 1.95. The van der Waals surface area contributed by atoms with E-state index in [0.717, 1.165) is 0 Å². The maximum absolute atomic E-state index is 12.1. The third-order valence-electron chi connectivity index (χ3n) is 2.48. The molecule has 0 aliphatic carbocycles. The quantitative estimate of drug-likeness (QED) is 0.616. The number of nitrogens with zero attached hydrogens (tertiary/aromatic N) is 3. The SMILES string of the molecule is O=S(=O)(NCCCn1cccn1)c1cc(Br)cnc1Cl. The Bertz CT molecular complexity index is 676. The van der Waals surface area contributed by atoms with E-state index in [1.807, 2.05) is 12.3 Å². The fourth-order valence-electron chi connectivity index (χ4n) is 1.55. The lowest BCUT2D eigenvalue weighted by molar-refractivity contribution is 0.552. The average Bonchev–Trinajstić information content (AvgIpc) is 2.90. The van der Waals surface area contributed by atoms with E-state index in [2.05, 4.69) is 30.7 Å². The zero-order valence-corrected chi connectivity index (χ0v) is 13.5. The Morgan fingerprint density at radius 1 is 1.45 bits per heavy atom. The fourth-order valence-corrected chi connectivity index (χ4v) is 3.57. The number of hydrogen-bond donors (Lipinski definition) is 1. The van der Waals surface area contributed by atoms with Gasteiger partial charge in [-0.25, -0.2) is 18.1 Å². The van der Waals surface area contributed by atoms with E-state index in [9.17, 15) is 8.42 Å². The van der Waals surface area contributed by atoms with Gasteiger partial charge in [0, 0.05) is 36.2 Å². The lowest BCUT2D eigenvalue weighted by Crippen LogP contribution is -2.26. The van der Waals surface area contributed by atoms with Crippen molar-refractivity contribution >= 4 is 37.6 Å². The van der Waals surface area contributed by atoms with E-state index in [1.54, 1.807) is 10.9 Å². The summed E-state index contributed by atoms with van der Waals surface area (Å²) in [5.41, 5.74) is 0. The Morgan fingerprint density at radius 2 is 2.25 bits per heavy atom. The molecular weight excluding hydrogens is 368 g/mol. The van der Waals surface area contributed by atoms with E-state index in [-0.39, 0.29) is 10.0 Å². The normalized spacial score (nSPS) is 11.7. The summed E-state index contributed by atoms with van der Waals surface area (Å²) in [5.74, 6) is 0. The van der Waals surface area contributed by atoms with Crippen LogP contribution in [0.4, 0.5) is 0 Å². The molecule has 2 heterocycles. The number of rotatable bonds is 6. The molecule has 108 valence electrons. The first kappa shape index (κ1) is 15.4. The molecule has 0 saturated carbocycles. The summed E-state index contributed by atoms with van der Waals surface area (Å²) in [6.07, 6.45) is 5.57. The molecule has 0 radical (unpaired) electrons. The van der Waals surface area contributed by atoms with E-state index in [4.69, 9.17) is 11.6 Å². The first-order chi connectivity index (χ1) is 9.49. The van der Waals surface area contributed by atoms with Crippen molar-refractivity contribution in [1.29, 1.82) is 0 Å². The van der Waals surface area contributed by atoms with Crippen LogP contribution in [0.2, 0.25) is 5.15 Å².